The van der Waals surface area contributed by atoms with Crippen LogP contribution in [0.2, 0.25) is 0 Å². The van der Waals surface area contributed by atoms with Crippen molar-refractivity contribution in [3.63, 3.8) is 0 Å². The third-order valence-electron chi connectivity index (χ3n) is 1.86. The van der Waals surface area contributed by atoms with Gasteiger partial charge in [-0.1, -0.05) is 0 Å². The molecule has 14 heavy (non-hydrogen) atoms. The average molecular weight is 219 g/mol. The van der Waals surface area contributed by atoms with Crippen LogP contribution in [-0.4, -0.2) is 25.4 Å². The minimum Gasteiger partial charge on any atom is -0.313 e. The van der Waals surface area contributed by atoms with Gasteiger partial charge in [0.25, 0.3) is 0 Å². The summed E-state index contributed by atoms with van der Waals surface area (Å²) < 4.78 is 72.4. The molecule has 0 saturated carbocycles. The van der Waals surface area contributed by atoms with Crippen molar-refractivity contribution in [1.29, 1.82) is 0 Å². The Morgan fingerprint density at radius 3 is 1.79 bits per heavy atom. The molecule has 1 saturated heterocycles. The molecule has 82 valence electrons. The van der Waals surface area contributed by atoms with Gasteiger partial charge in [-0.25, -0.2) is 0 Å². The number of alkyl halides is 6. The molecule has 1 N–H and O–H groups in total. The Bertz CT molecular complexity index is 224. The van der Waals surface area contributed by atoms with E-state index in [0.29, 0.717) is 0 Å². The van der Waals surface area contributed by atoms with Gasteiger partial charge in [0.2, 0.25) is 0 Å². The normalized spacial score (nSPS) is 18.9. The summed E-state index contributed by atoms with van der Waals surface area (Å²) in [5, 5.41) is 2.44. The molecule has 1 aliphatic rings. The van der Waals surface area contributed by atoms with Gasteiger partial charge in [0, 0.05) is 6.54 Å². The lowest BCUT2D eigenvalue weighted by Crippen LogP contribution is -2.28. The molecule has 1 fully saturated rings. The Labute approximate surface area is 75.8 Å². The van der Waals surface area contributed by atoms with Gasteiger partial charge in [0.05, 0.1) is 0 Å². The van der Waals surface area contributed by atoms with Gasteiger partial charge in [-0.3, -0.25) is 0 Å². The van der Waals surface area contributed by atoms with Crippen molar-refractivity contribution in [3.8, 4) is 0 Å². The minimum atomic E-state index is -5.32. The Hall–Kier alpha value is -0.720. The van der Waals surface area contributed by atoms with Gasteiger partial charge in [-0.05, 0) is 18.5 Å². The van der Waals surface area contributed by atoms with Crippen LogP contribution < -0.4 is 5.32 Å². The fourth-order valence-corrected chi connectivity index (χ4v) is 1.34. The highest BCUT2D eigenvalue weighted by atomic mass is 19.4. The monoisotopic (exact) mass is 219 g/mol. The number of hydrogen-bond acceptors (Lipinski definition) is 1. The van der Waals surface area contributed by atoms with Crippen LogP contribution in [0.15, 0.2) is 11.1 Å². The number of allylic oxidation sites excluding steroid dienone is 1. The molecule has 0 spiro atoms. The molecule has 0 aliphatic carbocycles. The topological polar surface area (TPSA) is 12.0 Å². The fraction of sp³-hybridized carbons (Fsp3) is 0.714. The van der Waals surface area contributed by atoms with Crippen molar-refractivity contribution >= 4 is 0 Å². The molecular formula is C7H7F6N. The molecule has 1 aliphatic heterocycles. The molecule has 0 atom stereocenters. The number of rotatable bonds is 0. The third-order valence-corrected chi connectivity index (χ3v) is 1.86. The van der Waals surface area contributed by atoms with Crippen LogP contribution in [-0.2, 0) is 0 Å². The van der Waals surface area contributed by atoms with Crippen LogP contribution in [0.1, 0.15) is 6.42 Å². The Balaban J connectivity index is 3.11. The highest BCUT2D eigenvalue weighted by Gasteiger charge is 2.52. The molecule has 1 heterocycles. The lowest BCUT2D eigenvalue weighted by atomic mass is 10.1. The third kappa shape index (κ3) is 2.40. The van der Waals surface area contributed by atoms with Gasteiger partial charge in [0.15, 0.2) is 0 Å². The molecule has 0 unspecified atom stereocenters. The summed E-state index contributed by atoms with van der Waals surface area (Å²) in [6.07, 6.45) is -10.8. The highest BCUT2D eigenvalue weighted by molar-refractivity contribution is 5.27. The Morgan fingerprint density at radius 1 is 1.00 bits per heavy atom. The molecule has 0 bridgehead atoms. The first-order chi connectivity index (χ1) is 6.23. The van der Waals surface area contributed by atoms with E-state index in [1.165, 1.54) is 0 Å². The largest absolute Gasteiger partial charge is 0.421 e. The molecule has 1 rings (SSSR count). The first kappa shape index (κ1) is 11.4. The smallest absolute Gasteiger partial charge is 0.313 e. The lowest BCUT2D eigenvalue weighted by Gasteiger charge is -2.17. The standard InChI is InChI=1S/C7H7F6N/c8-6(9,10)5(7(11,12)13)4-1-2-14-3-4/h14H,1-3H2. The Kier molecular flexibility index (Phi) is 2.80. The summed E-state index contributed by atoms with van der Waals surface area (Å²) in [6, 6.07) is 0. The van der Waals surface area contributed by atoms with E-state index in [2.05, 4.69) is 5.32 Å². The minimum absolute atomic E-state index is 0.158. The zero-order chi connectivity index (χ0) is 11.0. The van der Waals surface area contributed by atoms with Crippen molar-refractivity contribution in [3.05, 3.63) is 11.1 Å². The van der Waals surface area contributed by atoms with Gasteiger partial charge in [-0.2, -0.15) is 26.3 Å². The van der Waals surface area contributed by atoms with Gasteiger partial charge in [0.1, 0.15) is 5.57 Å². The lowest BCUT2D eigenvalue weighted by molar-refractivity contribution is -0.173. The SMILES string of the molecule is FC(F)(F)C(=C1CCNC1)C(F)(F)F. The molecule has 0 aromatic rings. The van der Waals surface area contributed by atoms with E-state index >= 15 is 0 Å². The molecule has 0 radical (unpaired) electrons. The summed E-state index contributed by atoms with van der Waals surface area (Å²) in [5.74, 6) is 0. The molecular weight excluding hydrogens is 212 g/mol. The summed E-state index contributed by atoms with van der Waals surface area (Å²) in [7, 11) is 0. The van der Waals surface area contributed by atoms with E-state index in [9.17, 15) is 26.3 Å². The Morgan fingerprint density at radius 2 is 1.50 bits per heavy atom. The zero-order valence-electron chi connectivity index (χ0n) is 6.89. The van der Waals surface area contributed by atoms with Crippen molar-refractivity contribution < 1.29 is 26.3 Å². The molecule has 7 heteroatoms. The summed E-state index contributed by atoms with van der Waals surface area (Å²) in [6.45, 7) is -0.181. The first-order valence-electron chi connectivity index (χ1n) is 3.80. The van der Waals surface area contributed by atoms with Crippen LogP contribution in [0.4, 0.5) is 26.3 Å². The van der Waals surface area contributed by atoms with Gasteiger partial charge < -0.3 is 5.32 Å². The predicted octanol–water partition coefficient (Wildman–Crippen LogP) is 2.40. The summed E-state index contributed by atoms with van der Waals surface area (Å²) in [5.41, 5.74) is -2.96. The van der Waals surface area contributed by atoms with Crippen molar-refractivity contribution in [2.75, 3.05) is 13.1 Å². The number of nitrogens with one attached hydrogen (secondary N) is 1. The van der Waals surface area contributed by atoms with E-state index in [-0.39, 0.29) is 19.5 Å². The summed E-state index contributed by atoms with van der Waals surface area (Å²) in [4.78, 5) is 0. The molecule has 1 nitrogen and oxygen atoms in total. The number of halogens is 6. The first-order valence-corrected chi connectivity index (χ1v) is 3.80. The highest BCUT2D eigenvalue weighted by Crippen LogP contribution is 2.41. The van der Waals surface area contributed by atoms with Gasteiger partial charge in [-0.15, -0.1) is 0 Å². The maximum Gasteiger partial charge on any atom is 0.421 e. The van der Waals surface area contributed by atoms with Crippen LogP contribution in [0.3, 0.4) is 0 Å². The van der Waals surface area contributed by atoms with Crippen LogP contribution >= 0.6 is 0 Å². The molecule has 0 aromatic carbocycles. The second-order valence-corrected chi connectivity index (χ2v) is 2.90. The number of hydrogen-bond donors (Lipinski definition) is 1. The second-order valence-electron chi connectivity index (χ2n) is 2.90. The van der Waals surface area contributed by atoms with Crippen molar-refractivity contribution in [1.82, 2.24) is 5.32 Å². The van der Waals surface area contributed by atoms with Crippen LogP contribution in [0.25, 0.3) is 0 Å². The van der Waals surface area contributed by atoms with Crippen LogP contribution in [0.5, 0.6) is 0 Å². The predicted molar refractivity (Wildman–Crippen MR) is 36.6 cm³/mol. The maximum absolute atomic E-state index is 12.1. The van der Waals surface area contributed by atoms with Crippen molar-refractivity contribution in [2.45, 2.75) is 18.8 Å². The van der Waals surface area contributed by atoms with E-state index in [1.807, 2.05) is 0 Å². The van der Waals surface area contributed by atoms with E-state index in [4.69, 9.17) is 0 Å². The van der Waals surface area contributed by atoms with Gasteiger partial charge >= 0.3 is 12.4 Å². The quantitative estimate of drug-likeness (QED) is 0.487. The zero-order valence-corrected chi connectivity index (χ0v) is 6.89. The summed E-state index contributed by atoms with van der Waals surface area (Å²) >= 11 is 0. The van der Waals surface area contributed by atoms with E-state index in [0.717, 1.165) is 0 Å². The van der Waals surface area contributed by atoms with E-state index in [1.54, 1.807) is 0 Å². The average Bonchev–Trinajstić information content (AvgIpc) is 2.31. The molecule has 0 amide bonds. The fourth-order valence-electron chi connectivity index (χ4n) is 1.34. The van der Waals surface area contributed by atoms with Crippen molar-refractivity contribution in [2.24, 2.45) is 0 Å². The van der Waals surface area contributed by atoms with E-state index < -0.39 is 23.5 Å². The molecule has 0 aromatic heterocycles. The van der Waals surface area contributed by atoms with Crippen LogP contribution in [0, 0.1) is 0 Å². The maximum atomic E-state index is 12.1. The second kappa shape index (κ2) is 3.45.